The number of Topliss-reactive ketones (excluding diaryl/α,β-unsaturated/α-hetero) is 1. The highest BCUT2D eigenvalue weighted by molar-refractivity contribution is 6.04. The molecule has 94 valence electrons. The minimum Gasteiger partial charge on any atom is -0.496 e. The highest BCUT2D eigenvalue weighted by Crippen LogP contribution is 2.35. The molecule has 0 spiro atoms. The Labute approximate surface area is 106 Å². The molecule has 0 bridgehead atoms. The Morgan fingerprint density at radius 1 is 1.39 bits per heavy atom. The molecule has 1 aromatic rings. The first-order valence-corrected chi connectivity index (χ1v) is 5.90. The number of rotatable bonds is 3. The zero-order valence-electron chi connectivity index (χ0n) is 10.3. The first-order valence-electron chi connectivity index (χ1n) is 5.90. The Bertz CT molecular complexity index is 484. The van der Waals surface area contributed by atoms with Crippen LogP contribution in [0.3, 0.4) is 0 Å². The molecule has 0 unspecified atom stereocenters. The van der Waals surface area contributed by atoms with Crippen molar-refractivity contribution in [3.05, 3.63) is 29.8 Å². The average molecular weight is 245 g/mol. The molecule has 0 aromatic heterocycles. The van der Waals surface area contributed by atoms with Crippen molar-refractivity contribution >= 4 is 5.78 Å². The van der Waals surface area contributed by atoms with Gasteiger partial charge in [0, 0.05) is 13.2 Å². The minimum absolute atomic E-state index is 0.161. The van der Waals surface area contributed by atoms with E-state index in [1.54, 1.807) is 24.3 Å². The maximum atomic E-state index is 12.6. The summed E-state index contributed by atoms with van der Waals surface area (Å²) in [5.74, 6) is 0.356. The molecular formula is C14H15NO3. The van der Waals surface area contributed by atoms with Gasteiger partial charge in [-0.2, -0.15) is 5.26 Å². The Morgan fingerprint density at radius 2 is 2.06 bits per heavy atom. The second-order valence-electron chi connectivity index (χ2n) is 4.34. The van der Waals surface area contributed by atoms with Crippen molar-refractivity contribution < 1.29 is 14.3 Å². The summed E-state index contributed by atoms with van der Waals surface area (Å²) >= 11 is 0. The van der Waals surface area contributed by atoms with Crippen molar-refractivity contribution in [2.24, 2.45) is 5.41 Å². The number of hydrogen-bond acceptors (Lipinski definition) is 4. The van der Waals surface area contributed by atoms with Crippen LogP contribution in [0.5, 0.6) is 5.75 Å². The molecule has 0 N–H and O–H groups in total. The van der Waals surface area contributed by atoms with Gasteiger partial charge < -0.3 is 9.47 Å². The van der Waals surface area contributed by atoms with Crippen LogP contribution >= 0.6 is 0 Å². The predicted molar refractivity (Wildman–Crippen MR) is 65.4 cm³/mol. The largest absolute Gasteiger partial charge is 0.496 e. The normalized spacial score (nSPS) is 17.8. The van der Waals surface area contributed by atoms with Gasteiger partial charge in [0.05, 0.1) is 18.7 Å². The summed E-state index contributed by atoms with van der Waals surface area (Å²) < 4.78 is 10.4. The zero-order valence-corrected chi connectivity index (χ0v) is 10.3. The SMILES string of the molecule is COc1ccccc1C(=O)C1(C#N)CCOCC1. The number of hydrogen-bond donors (Lipinski definition) is 0. The molecule has 1 aliphatic heterocycles. The lowest BCUT2D eigenvalue weighted by Gasteiger charge is -2.29. The quantitative estimate of drug-likeness (QED) is 0.766. The molecule has 1 aromatic carbocycles. The van der Waals surface area contributed by atoms with E-state index in [0.29, 0.717) is 37.4 Å². The van der Waals surface area contributed by atoms with Gasteiger partial charge in [0.15, 0.2) is 5.78 Å². The number of carbonyl (C=O) groups excluding carboxylic acids is 1. The molecule has 1 fully saturated rings. The fourth-order valence-electron chi connectivity index (χ4n) is 2.20. The van der Waals surface area contributed by atoms with Crippen molar-refractivity contribution in [2.75, 3.05) is 20.3 Å². The van der Waals surface area contributed by atoms with E-state index in [1.165, 1.54) is 7.11 Å². The van der Waals surface area contributed by atoms with Crippen molar-refractivity contribution in [3.8, 4) is 11.8 Å². The number of carbonyl (C=O) groups is 1. The maximum absolute atomic E-state index is 12.6. The van der Waals surface area contributed by atoms with E-state index in [4.69, 9.17) is 9.47 Å². The van der Waals surface area contributed by atoms with Gasteiger partial charge in [-0.3, -0.25) is 4.79 Å². The lowest BCUT2D eigenvalue weighted by atomic mass is 9.75. The first kappa shape index (κ1) is 12.6. The van der Waals surface area contributed by atoms with Gasteiger partial charge in [0.25, 0.3) is 0 Å². The molecule has 0 aliphatic carbocycles. The van der Waals surface area contributed by atoms with Gasteiger partial charge in [-0.15, -0.1) is 0 Å². The third-order valence-corrected chi connectivity index (χ3v) is 3.35. The summed E-state index contributed by atoms with van der Waals surface area (Å²) in [6.45, 7) is 0.906. The fraction of sp³-hybridized carbons (Fsp3) is 0.429. The standard InChI is InChI=1S/C14H15NO3/c1-17-12-5-3-2-4-11(12)13(16)14(10-15)6-8-18-9-7-14/h2-5H,6-9H2,1H3. The average Bonchev–Trinajstić information content (AvgIpc) is 2.47. The van der Waals surface area contributed by atoms with Crippen LogP contribution in [-0.4, -0.2) is 26.1 Å². The van der Waals surface area contributed by atoms with Crippen molar-refractivity contribution in [1.82, 2.24) is 0 Å². The monoisotopic (exact) mass is 245 g/mol. The Kier molecular flexibility index (Phi) is 3.63. The number of ketones is 1. The molecule has 0 atom stereocenters. The van der Waals surface area contributed by atoms with Crippen LogP contribution in [0, 0.1) is 16.7 Å². The van der Waals surface area contributed by atoms with Crippen LogP contribution < -0.4 is 4.74 Å². The van der Waals surface area contributed by atoms with Gasteiger partial charge in [0.1, 0.15) is 11.2 Å². The van der Waals surface area contributed by atoms with Gasteiger partial charge in [-0.25, -0.2) is 0 Å². The Morgan fingerprint density at radius 3 is 2.67 bits per heavy atom. The fourth-order valence-corrected chi connectivity index (χ4v) is 2.20. The molecule has 2 rings (SSSR count). The molecule has 4 heteroatoms. The van der Waals surface area contributed by atoms with Crippen LogP contribution in [0.15, 0.2) is 24.3 Å². The summed E-state index contributed by atoms with van der Waals surface area (Å²) in [6, 6.07) is 9.20. The van der Waals surface area contributed by atoms with E-state index in [1.807, 2.05) is 0 Å². The summed E-state index contributed by atoms with van der Waals surface area (Å²) in [7, 11) is 1.52. The molecule has 4 nitrogen and oxygen atoms in total. The third-order valence-electron chi connectivity index (χ3n) is 3.35. The smallest absolute Gasteiger partial charge is 0.186 e. The summed E-state index contributed by atoms with van der Waals surface area (Å²) in [5, 5.41) is 9.37. The van der Waals surface area contributed by atoms with E-state index >= 15 is 0 Å². The third kappa shape index (κ3) is 2.09. The van der Waals surface area contributed by atoms with Crippen molar-refractivity contribution in [3.63, 3.8) is 0 Å². The maximum Gasteiger partial charge on any atom is 0.186 e. The molecular weight excluding hydrogens is 230 g/mol. The van der Waals surface area contributed by atoms with E-state index in [9.17, 15) is 10.1 Å². The second kappa shape index (κ2) is 5.19. The molecule has 18 heavy (non-hydrogen) atoms. The van der Waals surface area contributed by atoms with Crippen LogP contribution in [0.1, 0.15) is 23.2 Å². The van der Waals surface area contributed by atoms with Crippen LogP contribution in [0.2, 0.25) is 0 Å². The minimum atomic E-state index is -0.965. The first-order chi connectivity index (χ1) is 8.73. The number of para-hydroxylation sites is 1. The lowest BCUT2D eigenvalue weighted by molar-refractivity contribution is 0.0353. The summed E-state index contributed by atoms with van der Waals surface area (Å²) in [6.07, 6.45) is 0.890. The molecule has 1 aliphatic rings. The highest BCUT2D eigenvalue weighted by Gasteiger charge is 2.41. The van der Waals surface area contributed by atoms with Crippen molar-refractivity contribution in [2.45, 2.75) is 12.8 Å². The van der Waals surface area contributed by atoms with Crippen LogP contribution in [0.4, 0.5) is 0 Å². The number of methoxy groups -OCH3 is 1. The summed E-state index contributed by atoms with van der Waals surface area (Å²) in [4.78, 5) is 12.6. The molecule has 1 saturated heterocycles. The van der Waals surface area contributed by atoms with E-state index in [-0.39, 0.29) is 5.78 Å². The van der Waals surface area contributed by atoms with E-state index in [2.05, 4.69) is 6.07 Å². The summed E-state index contributed by atoms with van der Waals surface area (Å²) in [5.41, 5.74) is -0.490. The van der Waals surface area contributed by atoms with Crippen LogP contribution in [-0.2, 0) is 4.74 Å². The van der Waals surface area contributed by atoms with Gasteiger partial charge in [-0.1, -0.05) is 12.1 Å². The van der Waals surface area contributed by atoms with Gasteiger partial charge in [-0.05, 0) is 25.0 Å². The van der Waals surface area contributed by atoms with Gasteiger partial charge >= 0.3 is 0 Å². The Balaban J connectivity index is 2.38. The number of nitriles is 1. The predicted octanol–water partition coefficient (Wildman–Crippen LogP) is 2.20. The van der Waals surface area contributed by atoms with Gasteiger partial charge in [0.2, 0.25) is 0 Å². The number of ether oxygens (including phenoxy) is 2. The molecule has 0 saturated carbocycles. The number of benzene rings is 1. The van der Waals surface area contributed by atoms with Crippen molar-refractivity contribution in [1.29, 1.82) is 5.26 Å². The zero-order chi connectivity index (χ0) is 13.0. The Hall–Kier alpha value is -1.86. The van der Waals surface area contributed by atoms with Crippen LogP contribution in [0.25, 0.3) is 0 Å². The molecule has 0 amide bonds. The highest BCUT2D eigenvalue weighted by atomic mass is 16.5. The topological polar surface area (TPSA) is 59.3 Å². The second-order valence-corrected chi connectivity index (χ2v) is 4.34. The molecule has 0 radical (unpaired) electrons. The van der Waals surface area contributed by atoms with E-state index < -0.39 is 5.41 Å². The lowest BCUT2D eigenvalue weighted by Crippen LogP contribution is -2.36. The van der Waals surface area contributed by atoms with E-state index in [0.717, 1.165) is 0 Å². The molecule has 1 heterocycles. The number of nitrogens with zero attached hydrogens (tertiary/aromatic N) is 1.